The van der Waals surface area contributed by atoms with Gasteiger partial charge in [0.1, 0.15) is 4.75 Å². The second-order valence-corrected chi connectivity index (χ2v) is 6.36. The molecule has 0 saturated carbocycles. The maximum atomic E-state index is 9.50. The zero-order valence-electron chi connectivity index (χ0n) is 10.5. The zero-order valence-corrected chi connectivity index (χ0v) is 12.2. The third-order valence-electron chi connectivity index (χ3n) is 2.84. The van der Waals surface area contributed by atoms with Gasteiger partial charge in [0.05, 0.1) is 10.3 Å². The molecule has 3 heteroatoms. The van der Waals surface area contributed by atoms with Crippen molar-refractivity contribution in [3.63, 3.8) is 0 Å². The number of hydrogen-bond acceptors (Lipinski definition) is 3. The van der Waals surface area contributed by atoms with Crippen molar-refractivity contribution in [1.29, 1.82) is 5.26 Å². The van der Waals surface area contributed by atoms with Gasteiger partial charge in [0, 0.05) is 0 Å². The maximum Gasteiger partial charge on any atom is 0.130 e. The third-order valence-corrected chi connectivity index (χ3v) is 4.49. The van der Waals surface area contributed by atoms with Gasteiger partial charge in [-0.05, 0) is 18.1 Å². The Labute approximate surface area is 123 Å². The zero-order chi connectivity index (χ0) is 13.7. The van der Waals surface area contributed by atoms with Crippen LogP contribution in [0, 0.1) is 11.3 Å². The highest BCUT2D eigenvalue weighted by molar-refractivity contribution is 8.24. The highest BCUT2D eigenvalue weighted by Crippen LogP contribution is 2.37. The van der Waals surface area contributed by atoms with Crippen LogP contribution in [0.5, 0.6) is 0 Å². The molecule has 0 fully saturated rings. The molecule has 2 rings (SSSR count). The van der Waals surface area contributed by atoms with E-state index in [0.717, 1.165) is 15.3 Å². The van der Waals surface area contributed by atoms with Crippen molar-refractivity contribution < 1.29 is 0 Å². The van der Waals surface area contributed by atoms with Crippen LogP contribution in [-0.4, -0.2) is 4.20 Å². The van der Waals surface area contributed by atoms with Crippen LogP contribution < -0.4 is 0 Å². The minimum absolute atomic E-state index is 0.659. The van der Waals surface area contributed by atoms with Gasteiger partial charge in [-0.2, -0.15) is 5.26 Å². The first-order valence-electron chi connectivity index (χ1n) is 5.91. The van der Waals surface area contributed by atoms with Crippen LogP contribution in [0.4, 0.5) is 0 Å². The van der Waals surface area contributed by atoms with Gasteiger partial charge >= 0.3 is 0 Å². The van der Waals surface area contributed by atoms with E-state index in [-0.39, 0.29) is 0 Å². The molecule has 0 saturated heterocycles. The molecule has 1 atom stereocenters. The first-order valence-corrected chi connectivity index (χ1v) is 7.13. The maximum absolute atomic E-state index is 9.50. The lowest BCUT2D eigenvalue weighted by atomic mass is 10.0. The molecule has 0 aliphatic carbocycles. The van der Waals surface area contributed by atoms with E-state index in [9.17, 15) is 5.26 Å². The molecule has 0 aliphatic heterocycles. The van der Waals surface area contributed by atoms with E-state index in [4.69, 9.17) is 12.2 Å². The molecule has 0 spiro atoms. The number of benzene rings is 2. The number of rotatable bonds is 3. The first-order chi connectivity index (χ1) is 9.15. The lowest BCUT2D eigenvalue weighted by Gasteiger charge is -2.21. The molecule has 0 heterocycles. The first kappa shape index (κ1) is 13.8. The summed E-state index contributed by atoms with van der Waals surface area (Å²) in [5.74, 6) is 0. The molecule has 19 heavy (non-hydrogen) atoms. The summed E-state index contributed by atoms with van der Waals surface area (Å²) in [4.78, 5) is 0. The van der Waals surface area contributed by atoms with Crippen LogP contribution in [0.1, 0.15) is 18.1 Å². The summed E-state index contributed by atoms with van der Waals surface area (Å²) in [6.07, 6.45) is 0. The monoisotopic (exact) mass is 283 g/mol. The summed E-state index contributed by atoms with van der Waals surface area (Å²) in [5.41, 5.74) is 1.96. The number of thioether (sulfide) groups is 1. The Hall–Kier alpha value is -1.63. The van der Waals surface area contributed by atoms with Crippen molar-refractivity contribution in [1.82, 2.24) is 0 Å². The Morgan fingerprint density at radius 3 is 2.11 bits per heavy atom. The molecule has 2 aromatic rings. The Morgan fingerprint density at radius 2 is 1.58 bits per heavy atom. The van der Waals surface area contributed by atoms with Gasteiger partial charge in [-0.25, -0.2) is 0 Å². The Morgan fingerprint density at radius 1 is 1.05 bits per heavy atom. The summed E-state index contributed by atoms with van der Waals surface area (Å²) in [5, 5.41) is 9.50. The number of nitrogens with zero attached hydrogens (tertiary/aromatic N) is 1. The molecular weight excluding hydrogens is 270 g/mol. The molecule has 0 radical (unpaired) electrons. The predicted octanol–water partition coefficient (Wildman–Crippen LogP) is 4.53. The van der Waals surface area contributed by atoms with Crippen LogP contribution in [0.2, 0.25) is 0 Å². The lowest BCUT2D eigenvalue weighted by molar-refractivity contribution is 0.902. The van der Waals surface area contributed by atoms with Crippen molar-refractivity contribution in [3.8, 4) is 6.07 Å². The molecule has 0 amide bonds. The number of nitriles is 1. The van der Waals surface area contributed by atoms with Crippen molar-refractivity contribution in [2.24, 2.45) is 0 Å². The Bertz CT molecular complexity index is 602. The molecule has 1 unspecified atom stereocenters. The quantitative estimate of drug-likeness (QED) is 0.773. The molecule has 2 aromatic carbocycles. The summed E-state index contributed by atoms with van der Waals surface area (Å²) < 4.78 is 0.0854. The summed E-state index contributed by atoms with van der Waals surface area (Å²) in [6, 6.07) is 21.9. The van der Waals surface area contributed by atoms with Gasteiger partial charge in [0.25, 0.3) is 0 Å². The Kier molecular flexibility index (Phi) is 4.36. The normalized spacial score (nSPS) is 13.3. The van der Waals surface area contributed by atoms with Gasteiger partial charge < -0.3 is 0 Å². The molecule has 0 bridgehead atoms. The van der Waals surface area contributed by atoms with Crippen LogP contribution in [0.15, 0.2) is 60.7 Å². The van der Waals surface area contributed by atoms with Crippen molar-refractivity contribution in [3.05, 3.63) is 71.8 Å². The lowest BCUT2D eigenvalue weighted by Crippen LogP contribution is -2.17. The van der Waals surface area contributed by atoms with Crippen LogP contribution in [0.25, 0.3) is 0 Å². The fourth-order valence-electron chi connectivity index (χ4n) is 1.72. The minimum atomic E-state index is -0.659. The van der Waals surface area contributed by atoms with E-state index in [1.54, 1.807) is 0 Å². The van der Waals surface area contributed by atoms with Gasteiger partial charge in [-0.15, -0.1) is 0 Å². The fourth-order valence-corrected chi connectivity index (χ4v) is 3.28. The van der Waals surface area contributed by atoms with E-state index in [2.05, 4.69) is 6.07 Å². The average molecular weight is 283 g/mol. The van der Waals surface area contributed by atoms with Crippen LogP contribution in [0.3, 0.4) is 0 Å². The van der Waals surface area contributed by atoms with Gasteiger partial charge in [0.15, 0.2) is 0 Å². The molecular formula is C16H13NS2. The largest absolute Gasteiger partial charge is 0.196 e. The highest BCUT2D eigenvalue weighted by Gasteiger charge is 2.29. The second-order valence-electron chi connectivity index (χ2n) is 4.27. The molecule has 94 valence electrons. The van der Waals surface area contributed by atoms with Gasteiger partial charge in [0.2, 0.25) is 0 Å². The second kappa shape index (κ2) is 6.01. The standard InChI is InChI=1S/C16H13NS2/c1-16(12-17,14-10-6-3-7-11-14)19-15(18)13-8-4-2-5-9-13/h2-11H,1H3. The van der Waals surface area contributed by atoms with E-state index < -0.39 is 4.75 Å². The number of hydrogen-bond donors (Lipinski definition) is 0. The van der Waals surface area contributed by atoms with Crippen LogP contribution in [-0.2, 0) is 4.75 Å². The predicted molar refractivity (Wildman–Crippen MR) is 85.1 cm³/mol. The molecule has 0 aromatic heterocycles. The van der Waals surface area contributed by atoms with Gasteiger partial charge in [-0.3, -0.25) is 0 Å². The van der Waals surface area contributed by atoms with E-state index in [1.165, 1.54) is 11.8 Å². The fraction of sp³-hybridized carbons (Fsp3) is 0.125. The van der Waals surface area contributed by atoms with E-state index in [1.807, 2.05) is 67.6 Å². The summed E-state index contributed by atoms with van der Waals surface area (Å²) in [7, 11) is 0. The SMILES string of the molecule is CC(C#N)(SC(=S)c1ccccc1)c1ccccc1. The summed E-state index contributed by atoms with van der Waals surface area (Å²) in [6.45, 7) is 1.90. The Balaban J connectivity index is 2.26. The number of thiocarbonyl (C=S) groups is 1. The smallest absolute Gasteiger partial charge is 0.130 e. The molecule has 1 nitrogen and oxygen atoms in total. The van der Waals surface area contributed by atoms with Crippen molar-refractivity contribution in [2.45, 2.75) is 11.7 Å². The van der Waals surface area contributed by atoms with Crippen molar-refractivity contribution in [2.75, 3.05) is 0 Å². The van der Waals surface area contributed by atoms with Crippen molar-refractivity contribution >= 4 is 28.2 Å². The molecule has 0 aliphatic rings. The average Bonchev–Trinajstić information content (AvgIpc) is 2.49. The minimum Gasteiger partial charge on any atom is -0.196 e. The van der Waals surface area contributed by atoms with E-state index in [0.29, 0.717) is 0 Å². The molecule has 0 N–H and O–H groups in total. The van der Waals surface area contributed by atoms with Crippen LogP contribution >= 0.6 is 24.0 Å². The van der Waals surface area contributed by atoms with E-state index >= 15 is 0 Å². The summed E-state index contributed by atoms with van der Waals surface area (Å²) >= 11 is 6.87. The third kappa shape index (κ3) is 3.23. The topological polar surface area (TPSA) is 23.8 Å². The highest BCUT2D eigenvalue weighted by atomic mass is 32.2. The van der Waals surface area contributed by atoms with Gasteiger partial charge in [-0.1, -0.05) is 84.6 Å².